The van der Waals surface area contributed by atoms with E-state index in [1.165, 1.54) is 0 Å². The normalized spacial score (nSPS) is 20.0. The maximum atomic E-state index is 12.5. The maximum absolute atomic E-state index is 12.5. The predicted molar refractivity (Wildman–Crippen MR) is 109 cm³/mol. The van der Waals surface area contributed by atoms with Crippen LogP contribution in [0.4, 0.5) is 5.69 Å². The zero-order valence-corrected chi connectivity index (χ0v) is 16.5. The SMILES string of the molecule is Cc1c(I)ccc2c1C(=Cc1cc3c([nH]1)CCCC3CC(=O)O)C(=O)N2. The number of carboxylic acid groups (broad SMARTS) is 1. The highest BCUT2D eigenvalue weighted by Crippen LogP contribution is 2.39. The molecule has 0 bridgehead atoms. The lowest BCUT2D eigenvalue weighted by molar-refractivity contribution is -0.137. The number of fused-ring (bicyclic) bond motifs is 2. The third-order valence-corrected chi connectivity index (χ3v) is 6.42. The second-order valence-electron chi connectivity index (χ2n) is 6.95. The molecule has 26 heavy (non-hydrogen) atoms. The molecule has 2 heterocycles. The molecule has 134 valence electrons. The van der Waals surface area contributed by atoms with Crippen molar-refractivity contribution in [3.05, 3.63) is 49.8 Å². The highest BCUT2D eigenvalue weighted by Gasteiger charge is 2.28. The summed E-state index contributed by atoms with van der Waals surface area (Å²) in [6.07, 6.45) is 4.85. The van der Waals surface area contributed by atoms with Gasteiger partial charge in [0.25, 0.3) is 5.91 Å². The summed E-state index contributed by atoms with van der Waals surface area (Å²) in [5, 5.41) is 12.1. The number of aromatic amines is 1. The summed E-state index contributed by atoms with van der Waals surface area (Å²) in [5.74, 6) is -0.815. The molecule has 3 N–H and O–H groups in total. The van der Waals surface area contributed by atoms with Crippen molar-refractivity contribution in [1.29, 1.82) is 0 Å². The van der Waals surface area contributed by atoms with Gasteiger partial charge in [0.15, 0.2) is 0 Å². The number of aryl methyl sites for hydroxylation is 1. The van der Waals surface area contributed by atoms with Crippen molar-refractivity contribution in [1.82, 2.24) is 4.98 Å². The molecule has 2 aliphatic rings. The van der Waals surface area contributed by atoms with Crippen molar-refractivity contribution in [2.75, 3.05) is 5.32 Å². The summed E-state index contributed by atoms with van der Waals surface area (Å²) >= 11 is 2.28. The quantitative estimate of drug-likeness (QED) is 0.470. The van der Waals surface area contributed by atoms with E-state index in [0.717, 1.165) is 56.6 Å². The van der Waals surface area contributed by atoms with Gasteiger partial charge in [0.05, 0.1) is 12.0 Å². The average Bonchev–Trinajstić information content (AvgIpc) is 3.13. The lowest BCUT2D eigenvalue weighted by Crippen LogP contribution is -2.12. The van der Waals surface area contributed by atoms with Crippen LogP contribution >= 0.6 is 22.6 Å². The highest BCUT2D eigenvalue weighted by molar-refractivity contribution is 14.1. The molecule has 1 amide bonds. The van der Waals surface area contributed by atoms with Gasteiger partial charge in [-0.05, 0) is 90.1 Å². The molecular formula is C20H19IN2O3. The van der Waals surface area contributed by atoms with Crippen LogP contribution in [0, 0.1) is 10.5 Å². The number of hydrogen-bond donors (Lipinski definition) is 3. The zero-order valence-electron chi connectivity index (χ0n) is 14.4. The van der Waals surface area contributed by atoms with Gasteiger partial charge < -0.3 is 15.4 Å². The molecule has 1 unspecified atom stereocenters. The maximum Gasteiger partial charge on any atom is 0.303 e. The summed E-state index contributed by atoms with van der Waals surface area (Å²) in [4.78, 5) is 27.0. The molecule has 6 heteroatoms. The Balaban J connectivity index is 1.75. The Hall–Kier alpha value is -2.09. The van der Waals surface area contributed by atoms with E-state index < -0.39 is 5.97 Å². The minimum absolute atomic E-state index is 0.0482. The number of anilines is 1. The molecule has 0 radical (unpaired) electrons. The molecule has 1 aromatic heterocycles. The second kappa shape index (κ2) is 6.57. The number of halogens is 1. The van der Waals surface area contributed by atoms with Crippen molar-refractivity contribution >= 4 is 51.8 Å². The van der Waals surface area contributed by atoms with Gasteiger partial charge in [0, 0.05) is 26.2 Å². The zero-order chi connectivity index (χ0) is 18.4. The van der Waals surface area contributed by atoms with E-state index in [4.69, 9.17) is 5.11 Å². The van der Waals surface area contributed by atoms with Crippen LogP contribution in [0.3, 0.4) is 0 Å². The van der Waals surface area contributed by atoms with Crippen molar-refractivity contribution < 1.29 is 14.7 Å². The van der Waals surface area contributed by atoms with E-state index in [1.807, 2.05) is 31.2 Å². The first kappa shape index (κ1) is 17.3. The summed E-state index contributed by atoms with van der Waals surface area (Å²) in [5.41, 5.74) is 6.60. The fraction of sp³-hybridized carbons (Fsp3) is 0.300. The van der Waals surface area contributed by atoms with Gasteiger partial charge in [-0.2, -0.15) is 0 Å². The third-order valence-electron chi connectivity index (χ3n) is 5.26. The number of benzene rings is 1. The summed E-state index contributed by atoms with van der Waals surface area (Å²) in [6.45, 7) is 2.03. The Labute approximate surface area is 165 Å². The van der Waals surface area contributed by atoms with Crippen LogP contribution in [-0.4, -0.2) is 22.0 Å². The van der Waals surface area contributed by atoms with Crippen LogP contribution in [0.15, 0.2) is 18.2 Å². The lowest BCUT2D eigenvalue weighted by Gasteiger charge is -2.20. The first-order valence-electron chi connectivity index (χ1n) is 8.70. The molecule has 0 spiro atoms. The molecule has 0 saturated heterocycles. The Kier molecular flexibility index (Phi) is 4.38. The molecular weight excluding hydrogens is 443 g/mol. The van der Waals surface area contributed by atoms with Gasteiger partial charge in [-0.1, -0.05) is 0 Å². The van der Waals surface area contributed by atoms with Crippen LogP contribution in [0.1, 0.15) is 53.3 Å². The Morgan fingerprint density at radius 1 is 1.42 bits per heavy atom. The van der Waals surface area contributed by atoms with E-state index in [-0.39, 0.29) is 18.2 Å². The predicted octanol–water partition coefficient (Wildman–Crippen LogP) is 4.32. The van der Waals surface area contributed by atoms with Crippen molar-refractivity contribution in [2.45, 2.75) is 38.5 Å². The number of hydrogen-bond acceptors (Lipinski definition) is 2. The van der Waals surface area contributed by atoms with Gasteiger partial charge in [0.2, 0.25) is 0 Å². The topological polar surface area (TPSA) is 82.2 Å². The molecule has 5 nitrogen and oxygen atoms in total. The molecule has 1 atom stereocenters. The van der Waals surface area contributed by atoms with Gasteiger partial charge in [-0.15, -0.1) is 0 Å². The molecule has 1 aromatic carbocycles. The number of aromatic nitrogens is 1. The van der Waals surface area contributed by atoms with Crippen molar-refractivity contribution in [3.8, 4) is 0 Å². The summed E-state index contributed by atoms with van der Waals surface area (Å²) < 4.78 is 1.12. The molecule has 0 saturated carbocycles. The fourth-order valence-corrected chi connectivity index (χ4v) is 4.47. The van der Waals surface area contributed by atoms with Crippen molar-refractivity contribution in [3.63, 3.8) is 0 Å². The smallest absolute Gasteiger partial charge is 0.303 e. The van der Waals surface area contributed by atoms with Crippen LogP contribution < -0.4 is 5.32 Å². The fourth-order valence-electron chi connectivity index (χ4n) is 4.02. The number of aliphatic carboxylic acids is 1. The van der Waals surface area contributed by atoms with E-state index in [9.17, 15) is 9.59 Å². The molecule has 4 rings (SSSR count). The number of carbonyl (C=O) groups is 2. The summed E-state index contributed by atoms with van der Waals surface area (Å²) in [7, 11) is 0. The minimum Gasteiger partial charge on any atom is -0.481 e. The number of nitrogens with one attached hydrogen (secondary N) is 2. The minimum atomic E-state index is -0.766. The molecule has 1 aliphatic carbocycles. The highest BCUT2D eigenvalue weighted by atomic mass is 127. The van der Waals surface area contributed by atoms with Crippen LogP contribution in [0.2, 0.25) is 0 Å². The van der Waals surface area contributed by atoms with Crippen LogP contribution in [0.25, 0.3) is 11.6 Å². The Bertz CT molecular complexity index is 958. The standard InChI is InChI=1S/C20H19IN2O3/c1-10-15(21)5-6-17-19(10)14(20(26)23-17)9-12-8-13-11(7-18(24)25)3-2-4-16(13)22-12/h5-6,8-9,11,22H,2-4,7H2,1H3,(H,23,26)(H,24,25). The monoisotopic (exact) mass is 462 g/mol. The molecule has 0 fully saturated rings. The van der Waals surface area contributed by atoms with E-state index >= 15 is 0 Å². The van der Waals surface area contributed by atoms with Crippen LogP contribution in [0.5, 0.6) is 0 Å². The second-order valence-corrected chi connectivity index (χ2v) is 8.11. The van der Waals surface area contributed by atoms with E-state index in [1.54, 1.807) is 0 Å². The number of carbonyl (C=O) groups excluding carboxylic acids is 1. The third kappa shape index (κ3) is 2.96. The first-order valence-corrected chi connectivity index (χ1v) is 9.78. The van der Waals surface area contributed by atoms with Crippen LogP contribution in [-0.2, 0) is 16.0 Å². The van der Waals surface area contributed by atoms with Gasteiger partial charge in [0.1, 0.15) is 0 Å². The number of carboxylic acids is 1. The number of rotatable bonds is 3. The van der Waals surface area contributed by atoms with Crippen molar-refractivity contribution in [2.24, 2.45) is 0 Å². The summed E-state index contributed by atoms with van der Waals surface area (Å²) in [6, 6.07) is 5.96. The Morgan fingerprint density at radius 2 is 2.23 bits per heavy atom. The van der Waals surface area contributed by atoms with Gasteiger partial charge in [-0.25, -0.2) is 0 Å². The molecule has 2 aromatic rings. The van der Waals surface area contributed by atoms with E-state index in [2.05, 4.69) is 32.9 Å². The van der Waals surface area contributed by atoms with E-state index in [0.29, 0.717) is 5.57 Å². The largest absolute Gasteiger partial charge is 0.481 e. The first-order chi connectivity index (χ1) is 12.4. The van der Waals surface area contributed by atoms with Gasteiger partial charge >= 0.3 is 5.97 Å². The number of H-pyrrole nitrogens is 1. The van der Waals surface area contributed by atoms with Gasteiger partial charge in [-0.3, -0.25) is 9.59 Å². The molecule has 1 aliphatic heterocycles. The lowest BCUT2D eigenvalue weighted by atomic mass is 9.85. The number of amides is 1. The average molecular weight is 462 g/mol. The Morgan fingerprint density at radius 3 is 3.00 bits per heavy atom.